The van der Waals surface area contributed by atoms with Gasteiger partial charge in [-0.2, -0.15) is 0 Å². The van der Waals surface area contributed by atoms with Gasteiger partial charge < -0.3 is 20.6 Å². The molecule has 42 heavy (non-hydrogen) atoms. The maximum absolute atomic E-state index is 14.0. The number of carbonyl (C=O) groups is 2. The summed E-state index contributed by atoms with van der Waals surface area (Å²) < 4.78 is 27.4. The van der Waals surface area contributed by atoms with Gasteiger partial charge in [0.2, 0.25) is 0 Å². The molecule has 0 aliphatic rings. The number of hydrogen-bond acceptors (Lipinski definition) is 4. The third-order valence-electron chi connectivity index (χ3n) is 7.06. The average Bonchev–Trinajstić information content (AvgIpc) is 2.94. The van der Waals surface area contributed by atoms with Crippen molar-refractivity contribution in [2.24, 2.45) is 5.73 Å². The van der Waals surface area contributed by atoms with E-state index in [2.05, 4.69) is 6.58 Å². The van der Waals surface area contributed by atoms with E-state index in [-0.39, 0.29) is 31.3 Å². The van der Waals surface area contributed by atoms with Gasteiger partial charge in [0.05, 0.1) is 6.10 Å². The molecule has 3 rings (SSSR count). The minimum absolute atomic E-state index is 0.0140. The normalized spacial score (nSPS) is 12.5. The Bertz CT molecular complexity index is 1370. The average molecular weight is 578 g/mol. The van der Waals surface area contributed by atoms with Gasteiger partial charge in [0.15, 0.2) is 0 Å². The van der Waals surface area contributed by atoms with E-state index in [9.17, 15) is 23.5 Å². The van der Waals surface area contributed by atoms with Gasteiger partial charge in [-0.25, -0.2) is 8.78 Å². The number of carbonyl (C=O) groups excluding carboxylic acids is 2. The Kier molecular flexibility index (Phi) is 11.9. The first-order valence-electron chi connectivity index (χ1n) is 14.3. The number of aliphatic hydroxyl groups excluding tert-OH is 1. The second kappa shape index (κ2) is 15.4. The van der Waals surface area contributed by atoms with Crippen LogP contribution in [0.2, 0.25) is 0 Å². The lowest BCUT2D eigenvalue weighted by molar-refractivity contribution is 0.0554. The summed E-state index contributed by atoms with van der Waals surface area (Å²) in [7, 11) is 0. The molecule has 0 saturated heterocycles. The molecular formula is C34H41F2N3O3. The number of nitrogens with zero attached hydrogens (tertiary/aromatic N) is 2. The quantitative estimate of drug-likeness (QED) is 0.250. The number of allylic oxidation sites excluding steroid dienone is 1. The minimum Gasteiger partial charge on any atom is -0.390 e. The summed E-state index contributed by atoms with van der Waals surface area (Å²) in [5.41, 5.74) is 9.95. The summed E-state index contributed by atoms with van der Waals surface area (Å²) in [4.78, 5) is 30.5. The monoisotopic (exact) mass is 577 g/mol. The predicted octanol–water partition coefficient (Wildman–Crippen LogP) is 5.45. The Morgan fingerprint density at radius 1 is 0.929 bits per heavy atom. The zero-order valence-electron chi connectivity index (χ0n) is 24.7. The van der Waals surface area contributed by atoms with Crippen LogP contribution in [0.15, 0.2) is 73.3 Å². The molecule has 0 aliphatic heterocycles. The zero-order valence-corrected chi connectivity index (χ0v) is 24.7. The molecule has 0 radical (unpaired) electrons. The summed E-state index contributed by atoms with van der Waals surface area (Å²) in [6, 6.07) is 15.0. The highest BCUT2D eigenvalue weighted by Gasteiger charge is 2.25. The SMILES string of the molecule is C=CCc1cccc(CN(C[C@@H](O)[C@@H](N)Cc2cc(F)cc(F)c2)C(=O)c2cc(C)cc(C(=O)N(CC)CCC)c2)c1. The van der Waals surface area contributed by atoms with Crippen molar-refractivity contribution in [3.8, 4) is 0 Å². The van der Waals surface area contributed by atoms with E-state index in [1.54, 1.807) is 29.2 Å². The maximum atomic E-state index is 14.0. The van der Waals surface area contributed by atoms with Gasteiger partial charge in [-0.05, 0) is 85.7 Å². The molecular weight excluding hydrogens is 536 g/mol. The number of aryl methyl sites for hydroxylation is 1. The van der Waals surface area contributed by atoms with Crippen molar-refractivity contribution in [1.29, 1.82) is 0 Å². The van der Waals surface area contributed by atoms with Crippen LogP contribution < -0.4 is 5.73 Å². The van der Waals surface area contributed by atoms with Crippen molar-refractivity contribution >= 4 is 11.8 Å². The second-order valence-electron chi connectivity index (χ2n) is 10.7. The Labute approximate surface area is 247 Å². The Balaban J connectivity index is 1.92. The number of nitrogens with two attached hydrogens (primary N) is 1. The lowest BCUT2D eigenvalue weighted by atomic mass is 10.00. The zero-order chi connectivity index (χ0) is 30.8. The first kappa shape index (κ1) is 32.6. The fraction of sp³-hybridized carbons (Fsp3) is 0.353. The van der Waals surface area contributed by atoms with Crippen molar-refractivity contribution in [3.63, 3.8) is 0 Å². The highest BCUT2D eigenvalue weighted by Crippen LogP contribution is 2.19. The van der Waals surface area contributed by atoms with Gasteiger partial charge >= 0.3 is 0 Å². The molecule has 0 aromatic heterocycles. The molecule has 0 heterocycles. The summed E-state index contributed by atoms with van der Waals surface area (Å²) in [6.45, 7) is 10.8. The van der Waals surface area contributed by atoms with Crippen LogP contribution in [0, 0.1) is 18.6 Å². The summed E-state index contributed by atoms with van der Waals surface area (Å²) in [6.07, 6.45) is 2.09. The lowest BCUT2D eigenvalue weighted by Gasteiger charge is -2.29. The minimum atomic E-state index is -1.19. The van der Waals surface area contributed by atoms with E-state index in [1.165, 1.54) is 17.0 Å². The third-order valence-corrected chi connectivity index (χ3v) is 7.06. The summed E-state index contributed by atoms with van der Waals surface area (Å²) in [5, 5.41) is 11.1. The van der Waals surface area contributed by atoms with Crippen molar-refractivity contribution in [1.82, 2.24) is 9.80 Å². The van der Waals surface area contributed by atoms with Crippen LogP contribution in [0.5, 0.6) is 0 Å². The molecule has 3 aromatic rings. The molecule has 3 N–H and O–H groups in total. The second-order valence-corrected chi connectivity index (χ2v) is 10.7. The number of aliphatic hydroxyl groups is 1. The van der Waals surface area contributed by atoms with Crippen LogP contribution in [0.3, 0.4) is 0 Å². The first-order valence-corrected chi connectivity index (χ1v) is 14.3. The first-order chi connectivity index (χ1) is 20.0. The van der Waals surface area contributed by atoms with E-state index in [0.717, 1.165) is 29.2 Å². The smallest absolute Gasteiger partial charge is 0.254 e. The molecule has 0 spiro atoms. The molecule has 6 nitrogen and oxygen atoms in total. The Morgan fingerprint density at radius 3 is 2.14 bits per heavy atom. The summed E-state index contributed by atoms with van der Waals surface area (Å²) >= 11 is 0. The molecule has 3 aromatic carbocycles. The van der Waals surface area contributed by atoms with E-state index in [0.29, 0.717) is 36.2 Å². The standard InChI is InChI=1S/C34H41F2N3O3/c1-5-9-24-10-8-11-25(15-24)21-39(22-32(40)31(37)18-26-16-29(35)20-30(36)17-26)34(42)28-14-23(4)13-27(19-28)33(41)38(7-3)12-6-2/h5,8,10-11,13-17,19-20,31-32,40H,1,6-7,9,12,18,21-22,37H2,2-4H3/t31-,32+/m0/s1. The Morgan fingerprint density at radius 2 is 1.55 bits per heavy atom. The van der Waals surface area contributed by atoms with E-state index >= 15 is 0 Å². The van der Waals surface area contributed by atoms with Crippen molar-refractivity contribution < 1.29 is 23.5 Å². The van der Waals surface area contributed by atoms with Crippen LogP contribution >= 0.6 is 0 Å². The maximum Gasteiger partial charge on any atom is 0.254 e. The van der Waals surface area contributed by atoms with E-state index in [1.807, 2.05) is 45.0 Å². The predicted molar refractivity (Wildman–Crippen MR) is 162 cm³/mol. The van der Waals surface area contributed by atoms with Crippen molar-refractivity contribution in [2.75, 3.05) is 19.6 Å². The van der Waals surface area contributed by atoms with E-state index < -0.39 is 23.8 Å². The van der Waals surface area contributed by atoms with Crippen LogP contribution in [0.4, 0.5) is 8.78 Å². The number of hydrogen-bond donors (Lipinski definition) is 2. The largest absolute Gasteiger partial charge is 0.390 e. The van der Waals surface area contributed by atoms with Gasteiger partial charge in [0.1, 0.15) is 11.6 Å². The van der Waals surface area contributed by atoms with Gasteiger partial charge in [-0.15, -0.1) is 6.58 Å². The molecule has 2 amide bonds. The fourth-order valence-corrected chi connectivity index (χ4v) is 5.03. The highest BCUT2D eigenvalue weighted by atomic mass is 19.1. The van der Waals surface area contributed by atoms with Gasteiger partial charge in [0, 0.05) is 49.4 Å². The topological polar surface area (TPSA) is 86.9 Å². The number of halogens is 2. The molecule has 0 fully saturated rings. The number of benzene rings is 3. The highest BCUT2D eigenvalue weighted by molar-refractivity contribution is 6.00. The molecule has 224 valence electrons. The number of amides is 2. The molecule has 0 aliphatic carbocycles. The van der Waals surface area contributed by atoms with E-state index in [4.69, 9.17) is 5.73 Å². The fourth-order valence-electron chi connectivity index (χ4n) is 5.03. The van der Waals surface area contributed by atoms with Gasteiger partial charge in [-0.1, -0.05) is 37.3 Å². The van der Waals surface area contributed by atoms with Crippen LogP contribution in [0.25, 0.3) is 0 Å². The van der Waals surface area contributed by atoms with Crippen molar-refractivity contribution in [3.05, 3.63) is 118 Å². The third kappa shape index (κ3) is 9.06. The van der Waals surface area contributed by atoms with Gasteiger partial charge in [-0.3, -0.25) is 9.59 Å². The lowest BCUT2D eigenvalue weighted by Crippen LogP contribution is -2.46. The van der Waals surface area contributed by atoms with Crippen LogP contribution in [-0.4, -0.2) is 58.5 Å². The molecule has 2 atom stereocenters. The Hall–Kier alpha value is -3.88. The van der Waals surface area contributed by atoms with Gasteiger partial charge in [0.25, 0.3) is 11.8 Å². The van der Waals surface area contributed by atoms with Crippen LogP contribution in [-0.2, 0) is 19.4 Å². The number of rotatable bonds is 14. The molecule has 0 unspecified atom stereocenters. The van der Waals surface area contributed by atoms with Crippen LogP contribution in [0.1, 0.15) is 63.2 Å². The molecule has 0 bridgehead atoms. The summed E-state index contributed by atoms with van der Waals surface area (Å²) in [5.74, 6) is -1.98. The molecule has 0 saturated carbocycles. The van der Waals surface area contributed by atoms with Crippen molar-refractivity contribution in [2.45, 2.75) is 58.7 Å². The molecule has 8 heteroatoms.